The molecule has 0 unspecified atom stereocenters. The Bertz CT molecular complexity index is 834. The number of hydrogen-bond acceptors (Lipinski definition) is 4. The van der Waals surface area contributed by atoms with Crippen LogP contribution in [-0.2, 0) is 30.5 Å². The molecule has 5 nitrogen and oxygen atoms in total. The van der Waals surface area contributed by atoms with E-state index in [1.54, 1.807) is 11.3 Å². The number of ether oxygens (including phenoxy) is 1. The van der Waals surface area contributed by atoms with Gasteiger partial charge in [-0.1, -0.05) is 25.0 Å². The molecule has 1 aromatic carbocycles. The summed E-state index contributed by atoms with van der Waals surface area (Å²) in [6.07, 6.45) is 8.13. The van der Waals surface area contributed by atoms with Gasteiger partial charge in [0, 0.05) is 11.3 Å². The molecule has 2 heterocycles. The molecule has 0 bridgehead atoms. The van der Waals surface area contributed by atoms with Gasteiger partial charge in [0.15, 0.2) is 0 Å². The van der Waals surface area contributed by atoms with Gasteiger partial charge in [0.25, 0.3) is 5.91 Å². The maximum absolute atomic E-state index is 12.4. The summed E-state index contributed by atoms with van der Waals surface area (Å²) in [6, 6.07) is 7.80. The molecule has 2 aliphatic rings. The summed E-state index contributed by atoms with van der Waals surface area (Å²) in [5.41, 5.74) is 8.46. The van der Waals surface area contributed by atoms with Crippen molar-refractivity contribution < 1.29 is 14.3 Å². The monoisotopic (exact) mass is 384 g/mol. The Hall–Kier alpha value is -2.34. The zero-order valence-corrected chi connectivity index (χ0v) is 16.1. The summed E-state index contributed by atoms with van der Waals surface area (Å²) < 4.78 is 5.48. The molecule has 1 aliphatic heterocycles. The maximum Gasteiger partial charge on any atom is 0.279 e. The molecule has 2 amide bonds. The summed E-state index contributed by atoms with van der Waals surface area (Å²) >= 11 is 1.56. The van der Waals surface area contributed by atoms with Crippen molar-refractivity contribution in [1.82, 2.24) is 10.9 Å². The lowest BCUT2D eigenvalue weighted by Gasteiger charge is -2.07. The van der Waals surface area contributed by atoms with Crippen molar-refractivity contribution in [3.8, 4) is 5.75 Å². The van der Waals surface area contributed by atoms with Crippen LogP contribution in [0.3, 0.4) is 0 Å². The highest BCUT2D eigenvalue weighted by molar-refractivity contribution is 7.14. The van der Waals surface area contributed by atoms with E-state index in [-0.39, 0.29) is 18.2 Å². The number of carbonyl (C=O) groups is 2. The number of hydrogen-bond donors (Lipinski definition) is 2. The van der Waals surface area contributed by atoms with Crippen molar-refractivity contribution in [3.63, 3.8) is 0 Å². The second-order valence-corrected chi connectivity index (χ2v) is 8.33. The van der Waals surface area contributed by atoms with Gasteiger partial charge >= 0.3 is 0 Å². The molecule has 0 saturated heterocycles. The van der Waals surface area contributed by atoms with Gasteiger partial charge in [-0.3, -0.25) is 20.4 Å². The number of aryl methyl sites for hydroxylation is 2. The van der Waals surface area contributed by atoms with Gasteiger partial charge in [-0.15, -0.1) is 11.3 Å². The minimum atomic E-state index is -0.234. The first-order chi connectivity index (χ1) is 13.2. The number of fused-ring (bicyclic) bond motifs is 2. The van der Waals surface area contributed by atoms with Crippen molar-refractivity contribution in [2.45, 2.75) is 51.4 Å². The van der Waals surface area contributed by atoms with E-state index >= 15 is 0 Å². The number of carbonyl (C=O) groups excluding carboxylic acids is 2. The Balaban J connectivity index is 1.32. The standard InChI is InChI=1S/C21H24N2O3S/c24-20(12-14-7-8-17-15(11-14)9-10-26-17)22-23-21(25)19-13-16-5-3-1-2-4-6-18(16)27-19/h7-8,11,13H,1-6,9-10,12H2,(H,22,24)(H,23,25). The minimum Gasteiger partial charge on any atom is -0.493 e. The highest BCUT2D eigenvalue weighted by Gasteiger charge is 2.17. The van der Waals surface area contributed by atoms with Crippen LogP contribution in [0.4, 0.5) is 0 Å². The summed E-state index contributed by atoms with van der Waals surface area (Å²) in [5.74, 6) is 0.445. The Morgan fingerprint density at radius 1 is 0.963 bits per heavy atom. The van der Waals surface area contributed by atoms with Gasteiger partial charge < -0.3 is 4.74 Å². The van der Waals surface area contributed by atoms with Gasteiger partial charge in [-0.25, -0.2) is 0 Å². The first kappa shape index (κ1) is 18.0. The molecule has 0 spiro atoms. The van der Waals surface area contributed by atoms with Crippen molar-refractivity contribution in [3.05, 3.63) is 50.7 Å². The van der Waals surface area contributed by atoms with Gasteiger partial charge in [0.05, 0.1) is 17.9 Å². The number of rotatable bonds is 3. The highest BCUT2D eigenvalue weighted by atomic mass is 32.1. The molecule has 2 N–H and O–H groups in total. The van der Waals surface area contributed by atoms with Gasteiger partial charge in [-0.05, 0) is 54.5 Å². The quantitative estimate of drug-likeness (QED) is 0.798. The first-order valence-corrected chi connectivity index (χ1v) is 10.5. The summed E-state index contributed by atoms with van der Waals surface area (Å²) in [6.45, 7) is 0.700. The van der Waals surface area contributed by atoms with Gasteiger partial charge in [-0.2, -0.15) is 0 Å². The third-order valence-electron chi connectivity index (χ3n) is 5.15. The average molecular weight is 385 g/mol. The van der Waals surface area contributed by atoms with Crippen LogP contribution in [0, 0.1) is 0 Å². The fraction of sp³-hybridized carbons (Fsp3) is 0.429. The molecule has 1 aromatic heterocycles. The van der Waals surface area contributed by atoms with Crippen molar-refractivity contribution in [2.75, 3.05) is 6.61 Å². The number of amides is 2. The summed E-state index contributed by atoms with van der Waals surface area (Å²) in [5, 5.41) is 0. The van der Waals surface area contributed by atoms with E-state index in [1.807, 2.05) is 24.3 Å². The maximum atomic E-state index is 12.4. The Kier molecular flexibility index (Phi) is 5.43. The van der Waals surface area contributed by atoms with E-state index in [0.717, 1.165) is 36.1 Å². The smallest absolute Gasteiger partial charge is 0.279 e. The molecule has 0 saturated carbocycles. The van der Waals surface area contributed by atoms with E-state index in [4.69, 9.17) is 4.74 Å². The largest absolute Gasteiger partial charge is 0.493 e. The van der Waals surface area contributed by atoms with E-state index < -0.39 is 0 Å². The van der Waals surface area contributed by atoms with Crippen LogP contribution in [0.15, 0.2) is 24.3 Å². The van der Waals surface area contributed by atoms with Crippen LogP contribution in [0.5, 0.6) is 5.75 Å². The van der Waals surface area contributed by atoms with E-state index in [9.17, 15) is 9.59 Å². The molecule has 6 heteroatoms. The zero-order chi connectivity index (χ0) is 18.6. The molecule has 0 fully saturated rings. The third-order valence-corrected chi connectivity index (χ3v) is 6.39. The number of benzene rings is 1. The zero-order valence-electron chi connectivity index (χ0n) is 15.3. The van der Waals surface area contributed by atoms with Crippen LogP contribution in [0.1, 0.15) is 56.9 Å². The average Bonchev–Trinajstić information content (AvgIpc) is 3.26. The van der Waals surface area contributed by atoms with Crippen LogP contribution < -0.4 is 15.6 Å². The van der Waals surface area contributed by atoms with E-state index in [0.29, 0.717) is 11.5 Å². The number of thiophene rings is 1. The predicted octanol–water partition coefficient (Wildman–Crippen LogP) is 3.35. The summed E-state index contributed by atoms with van der Waals surface area (Å²) in [4.78, 5) is 26.6. The second kappa shape index (κ2) is 8.13. The highest BCUT2D eigenvalue weighted by Crippen LogP contribution is 2.28. The third kappa shape index (κ3) is 4.33. The SMILES string of the molecule is O=C(Cc1ccc2c(c1)CCO2)NNC(=O)c1cc2c(s1)CCCCCC2. The summed E-state index contributed by atoms with van der Waals surface area (Å²) in [7, 11) is 0. The second-order valence-electron chi connectivity index (χ2n) is 7.19. The molecule has 0 radical (unpaired) electrons. The van der Waals surface area contributed by atoms with Crippen LogP contribution >= 0.6 is 11.3 Å². The van der Waals surface area contributed by atoms with Crippen molar-refractivity contribution >= 4 is 23.2 Å². The van der Waals surface area contributed by atoms with E-state index in [2.05, 4.69) is 10.9 Å². The van der Waals surface area contributed by atoms with Crippen molar-refractivity contribution in [2.24, 2.45) is 0 Å². The number of nitrogens with one attached hydrogen (secondary N) is 2. The van der Waals surface area contributed by atoms with Crippen LogP contribution in [0.25, 0.3) is 0 Å². The van der Waals surface area contributed by atoms with E-state index in [1.165, 1.54) is 36.1 Å². The molecule has 4 rings (SSSR count). The topological polar surface area (TPSA) is 67.4 Å². The predicted molar refractivity (Wildman–Crippen MR) is 105 cm³/mol. The lowest BCUT2D eigenvalue weighted by Crippen LogP contribution is -2.42. The molecular formula is C21H24N2O3S. The Morgan fingerprint density at radius 2 is 1.81 bits per heavy atom. The van der Waals surface area contributed by atoms with Crippen molar-refractivity contribution in [1.29, 1.82) is 0 Å². The molecule has 1 aliphatic carbocycles. The molecule has 2 aromatic rings. The molecule has 0 atom stereocenters. The molecule has 142 valence electrons. The molecule has 27 heavy (non-hydrogen) atoms. The van der Waals surface area contributed by atoms with Gasteiger partial charge in [0.2, 0.25) is 5.91 Å². The lowest BCUT2D eigenvalue weighted by molar-refractivity contribution is -0.121. The normalized spacial score (nSPS) is 15.7. The number of hydrazine groups is 1. The fourth-order valence-electron chi connectivity index (χ4n) is 3.72. The minimum absolute atomic E-state index is 0.225. The Morgan fingerprint density at radius 3 is 2.70 bits per heavy atom. The fourth-order valence-corrected chi connectivity index (χ4v) is 4.87. The Labute approximate surface area is 163 Å². The van der Waals surface area contributed by atoms with Gasteiger partial charge in [0.1, 0.15) is 5.75 Å². The first-order valence-electron chi connectivity index (χ1n) is 9.64. The lowest BCUT2D eigenvalue weighted by atomic mass is 10.00. The van der Waals surface area contributed by atoms with Crippen LogP contribution in [0.2, 0.25) is 0 Å². The van der Waals surface area contributed by atoms with Crippen LogP contribution in [-0.4, -0.2) is 18.4 Å². The molecular weight excluding hydrogens is 360 g/mol.